The molecule has 2 aromatic carbocycles. The zero-order valence-corrected chi connectivity index (χ0v) is 22.2. The number of nitrogens with one attached hydrogen (secondary N) is 2. The number of carbonyl (C=O) groups excluding carboxylic acids is 2. The molecule has 1 saturated heterocycles. The molecule has 1 heterocycles. The lowest BCUT2D eigenvalue weighted by atomic mass is 10.1. The Bertz CT molecular complexity index is 1150. The Balaban J connectivity index is 1.31. The highest BCUT2D eigenvalue weighted by atomic mass is 35.5. The van der Waals surface area contributed by atoms with Gasteiger partial charge in [0, 0.05) is 45.3 Å². The van der Waals surface area contributed by atoms with E-state index in [1.807, 2.05) is 15.9 Å². The maximum atomic E-state index is 13.2. The van der Waals surface area contributed by atoms with Crippen molar-refractivity contribution >= 4 is 40.9 Å². The lowest BCUT2D eigenvalue weighted by Crippen LogP contribution is -2.50. The first-order valence-corrected chi connectivity index (χ1v) is 13.2. The number of carboxylic acid groups (broad SMARTS) is 1. The maximum Gasteiger partial charge on any atom is 0.323 e. The van der Waals surface area contributed by atoms with Crippen LogP contribution < -0.4 is 15.4 Å². The van der Waals surface area contributed by atoms with Crippen LogP contribution in [-0.2, 0) is 16.0 Å². The molecular weight excluding hydrogens is 510 g/mol. The summed E-state index contributed by atoms with van der Waals surface area (Å²) in [6.07, 6.45) is 2.28. The molecular formula is C27H34ClN5O5. The molecule has 38 heavy (non-hydrogen) atoms. The van der Waals surface area contributed by atoms with Crippen molar-refractivity contribution in [3.63, 3.8) is 0 Å². The summed E-state index contributed by atoms with van der Waals surface area (Å²) in [5.74, 6) is -0.275. The van der Waals surface area contributed by atoms with Gasteiger partial charge in [-0.3, -0.25) is 19.4 Å². The number of carboxylic acids is 1. The van der Waals surface area contributed by atoms with Crippen LogP contribution in [0.4, 0.5) is 16.2 Å². The number of halogens is 1. The Morgan fingerprint density at radius 2 is 1.71 bits per heavy atom. The van der Waals surface area contributed by atoms with Gasteiger partial charge in [0.05, 0.1) is 36.5 Å². The van der Waals surface area contributed by atoms with E-state index < -0.39 is 12.0 Å². The molecule has 3 N–H and O–H groups in total. The van der Waals surface area contributed by atoms with E-state index in [2.05, 4.69) is 15.5 Å². The summed E-state index contributed by atoms with van der Waals surface area (Å²) >= 11 is 6.11. The number of amides is 3. The van der Waals surface area contributed by atoms with Gasteiger partial charge in [-0.15, -0.1) is 0 Å². The number of methoxy groups -OCH3 is 1. The van der Waals surface area contributed by atoms with Gasteiger partial charge in [-0.2, -0.15) is 0 Å². The second-order valence-electron chi connectivity index (χ2n) is 9.60. The fourth-order valence-corrected chi connectivity index (χ4v) is 4.76. The number of ether oxygens (including phenoxy) is 1. The fraction of sp³-hybridized carbons (Fsp3) is 0.444. The highest BCUT2D eigenvalue weighted by Gasteiger charge is 2.33. The zero-order valence-electron chi connectivity index (χ0n) is 21.5. The van der Waals surface area contributed by atoms with Crippen LogP contribution in [0.2, 0.25) is 5.02 Å². The highest BCUT2D eigenvalue weighted by Crippen LogP contribution is 2.30. The Morgan fingerprint density at radius 3 is 2.37 bits per heavy atom. The molecule has 0 unspecified atom stereocenters. The average molecular weight is 544 g/mol. The highest BCUT2D eigenvalue weighted by molar-refractivity contribution is 6.33. The molecule has 2 aliphatic rings. The molecule has 2 aromatic rings. The van der Waals surface area contributed by atoms with Crippen LogP contribution in [0.15, 0.2) is 42.5 Å². The number of aliphatic carboxylic acids is 1. The monoisotopic (exact) mass is 543 g/mol. The first-order chi connectivity index (χ1) is 18.3. The quantitative estimate of drug-likeness (QED) is 0.398. The predicted molar refractivity (Wildman–Crippen MR) is 146 cm³/mol. The molecule has 1 aliphatic heterocycles. The Morgan fingerprint density at radius 1 is 1.03 bits per heavy atom. The minimum absolute atomic E-state index is 0.0660. The fourth-order valence-electron chi connectivity index (χ4n) is 4.57. The van der Waals surface area contributed by atoms with Crippen molar-refractivity contribution in [3.8, 4) is 5.75 Å². The molecule has 0 bridgehead atoms. The van der Waals surface area contributed by atoms with Crippen molar-refractivity contribution in [1.29, 1.82) is 0 Å². The van der Waals surface area contributed by atoms with Crippen molar-refractivity contribution in [2.45, 2.75) is 25.3 Å². The van der Waals surface area contributed by atoms with Gasteiger partial charge < -0.3 is 25.4 Å². The number of nitrogens with zero attached hydrogens (tertiary/aromatic N) is 3. The van der Waals surface area contributed by atoms with Crippen LogP contribution in [0.5, 0.6) is 5.75 Å². The number of benzene rings is 2. The van der Waals surface area contributed by atoms with E-state index in [-0.39, 0.29) is 24.9 Å². The van der Waals surface area contributed by atoms with Crippen molar-refractivity contribution in [2.75, 3.05) is 63.6 Å². The number of hydrogen-bond acceptors (Lipinski definition) is 6. The van der Waals surface area contributed by atoms with E-state index >= 15 is 0 Å². The van der Waals surface area contributed by atoms with Gasteiger partial charge in [-0.25, -0.2) is 4.79 Å². The second-order valence-corrected chi connectivity index (χ2v) is 10.0. The van der Waals surface area contributed by atoms with Gasteiger partial charge in [0.2, 0.25) is 5.91 Å². The van der Waals surface area contributed by atoms with Crippen LogP contribution in [0.1, 0.15) is 18.4 Å². The largest absolute Gasteiger partial charge is 0.495 e. The van der Waals surface area contributed by atoms with E-state index in [1.54, 1.807) is 36.4 Å². The maximum absolute atomic E-state index is 13.2. The van der Waals surface area contributed by atoms with Gasteiger partial charge in [-0.1, -0.05) is 29.8 Å². The van der Waals surface area contributed by atoms with E-state index in [4.69, 9.17) is 21.4 Å². The van der Waals surface area contributed by atoms with Gasteiger partial charge in [-0.05, 0) is 42.7 Å². The normalized spacial score (nSPS) is 16.1. The molecule has 204 valence electrons. The summed E-state index contributed by atoms with van der Waals surface area (Å²) in [4.78, 5) is 42.8. The Hall–Kier alpha value is -3.34. The van der Waals surface area contributed by atoms with E-state index in [0.29, 0.717) is 28.7 Å². The van der Waals surface area contributed by atoms with E-state index in [1.165, 1.54) is 7.11 Å². The lowest BCUT2D eigenvalue weighted by Gasteiger charge is -2.35. The zero-order chi connectivity index (χ0) is 27.1. The Kier molecular flexibility index (Phi) is 9.43. The SMILES string of the molecule is COc1cc(CC(=O)N(CCN2CCN(CC(=O)O)CC2)C2CC2)ccc1NC(=O)Nc1ccccc1Cl. The standard InChI is InChI=1S/C27H34ClN5O5/c1-38-24-16-19(6-9-23(24)30-27(37)29-22-5-3-2-4-21(22)28)17-25(34)33(20-7-8-20)15-14-31-10-12-32(13-11-31)18-26(35)36/h2-6,9,16,20H,7-8,10-15,17-18H2,1H3,(H,35,36)(H2,29,30,37). The van der Waals surface area contributed by atoms with Crippen LogP contribution in [0.3, 0.4) is 0 Å². The van der Waals surface area contributed by atoms with Gasteiger partial charge in [0.25, 0.3) is 0 Å². The molecule has 0 radical (unpaired) electrons. The Labute approximate surface area is 227 Å². The predicted octanol–water partition coefficient (Wildman–Crippen LogP) is 3.23. The molecule has 2 fully saturated rings. The first kappa shape index (κ1) is 27.7. The third-order valence-electron chi connectivity index (χ3n) is 6.78. The summed E-state index contributed by atoms with van der Waals surface area (Å²) in [5, 5.41) is 14.9. The molecule has 3 amide bonds. The summed E-state index contributed by atoms with van der Waals surface area (Å²) in [5.41, 5.74) is 1.78. The van der Waals surface area contributed by atoms with Crippen LogP contribution in [-0.4, -0.2) is 96.7 Å². The first-order valence-electron chi connectivity index (χ1n) is 12.8. The minimum atomic E-state index is -0.801. The lowest BCUT2D eigenvalue weighted by molar-refractivity contribution is -0.139. The van der Waals surface area contributed by atoms with Crippen LogP contribution in [0.25, 0.3) is 0 Å². The van der Waals surface area contributed by atoms with Crippen molar-refractivity contribution < 1.29 is 24.2 Å². The average Bonchev–Trinajstić information content (AvgIpc) is 3.72. The number of carbonyl (C=O) groups is 3. The molecule has 1 aliphatic carbocycles. The summed E-state index contributed by atoms with van der Waals surface area (Å²) in [6, 6.07) is 12.1. The van der Waals surface area contributed by atoms with E-state index in [0.717, 1.165) is 51.1 Å². The van der Waals surface area contributed by atoms with Gasteiger partial charge in [0.15, 0.2) is 0 Å². The summed E-state index contributed by atoms with van der Waals surface area (Å²) in [6.45, 7) is 4.55. The molecule has 0 aromatic heterocycles. The minimum Gasteiger partial charge on any atom is -0.495 e. The van der Waals surface area contributed by atoms with Gasteiger partial charge in [0.1, 0.15) is 5.75 Å². The molecule has 4 rings (SSSR count). The van der Waals surface area contributed by atoms with Crippen LogP contribution >= 0.6 is 11.6 Å². The second kappa shape index (κ2) is 12.9. The number of urea groups is 1. The third-order valence-corrected chi connectivity index (χ3v) is 7.11. The number of anilines is 2. The molecule has 10 nitrogen and oxygen atoms in total. The van der Waals surface area contributed by atoms with Crippen molar-refractivity contribution in [2.24, 2.45) is 0 Å². The number of hydrogen-bond donors (Lipinski definition) is 3. The molecule has 1 saturated carbocycles. The number of para-hydroxylation sites is 1. The molecule has 11 heteroatoms. The van der Waals surface area contributed by atoms with Crippen molar-refractivity contribution in [3.05, 3.63) is 53.1 Å². The molecule has 0 atom stereocenters. The number of rotatable bonds is 11. The van der Waals surface area contributed by atoms with E-state index in [9.17, 15) is 14.4 Å². The van der Waals surface area contributed by atoms with Crippen molar-refractivity contribution in [1.82, 2.24) is 14.7 Å². The topological polar surface area (TPSA) is 114 Å². The number of piperazine rings is 1. The summed E-state index contributed by atoms with van der Waals surface area (Å²) in [7, 11) is 1.52. The third kappa shape index (κ3) is 7.83. The molecule has 0 spiro atoms. The van der Waals surface area contributed by atoms with Gasteiger partial charge >= 0.3 is 12.0 Å². The smallest absolute Gasteiger partial charge is 0.323 e. The van der Waals surface area contributed by atoms with Crippen LogP contribution in [0, 0.1) is 0 Å². The summed E-state index contributed by atoms with van der Waals surface area (Å²) < 4.78 is 5.48.